The Bertz CT molecular complexity index is 307. The number of rotatable bonds is 0. The van der Waals surface area contributed by atoms with Crippen molar-refractivity contribution in [1.82, 2.24) is 0 Å². The average Bonchev–Trinajstić information content (AvgIpc) is 2.16. The van der Waals surface area contributed by atoms with Gasteiger partial charge in [0.15, 0.2) is 0 Å². The molecule has 0 saturated heterocycles. The summed E-state index contributed by atoms with van der Waals surface area (Å²) >= 11 is 0. The van der Waals surface area contributed by atoms with Crippen molar-refractivity contribution >= 4 is 0 Å². The van der Waals surface area contributed by atoms with Gasteiger partial charge < -0.3 is 5.11 Å². The van der Waals surface area contributed by atoms with Gasteiger partial charge in [0.1, 0.15) is 0 Å². The van der Waals surface area contributed by atoms with Crippen LogP contribution in [0.1, 0.15) is 46.5 Å². The summed E-state index contributed by atoms with van der Waals surface area (Å²) in [5, 5.41) is 10.0. The van der Waals surface area contributed by atoms with Gasteiger partial charge in [0.25, 0.3) is 0 Å². The maximum atomic E-state index is 10.0. The monoisotopic (exact) mass is 220 g/mol. The lowest BCUT2D eigenvalue weighted by atomic mass is 9.84. The number of aliphatic hydroxyl groups excluding tert-OH is 1. The number of aliphatic hydroxyl groups is 1. The quantitative estimate of drug-likeness (QED) is 0.612. The molecule has 0 fully saturated rings. The highest BCUT2D eigenvalue weighted by Crippen LogP contribution is 2.28. The van der Waals surface area contributed by atoms with Crippen LogP contribution in [0.15, 0.2) is 36.0 Å². The number of hydrogen-bond donors (Lipinski definition) is 1. The molecule has 0 spiro atoms. The molecule has 0 aromatic heterocycles. The standard InChI is InChI=1S/C15H24O/c1-12-7-5-9-13(2)14(16)11-15(3,4)10-6-8-12/h6-7,10,14,16H,2,5,8-9,11H2,1,3-4H3. The molecule has 1 aliphatic rings. The van der Waals surface area contributed by atoms with Gasteiger partial charge in [0, 0.05) is 0 Å². The molecule has 1 rings (SSSR count). The molecule has 0 saturated carbocycles. The van der Waals surface area contributed by atoms with Gasteiger partial charge in [0.2, 0.25) is 0 Å². The van der Waals surface area contributed by atoms with Gasteiger partial charge in [-0.25, -0.2) is 0 Å². The molecule has 0 heterocycles. The van der Waals surface area contributed by atoms with Crippen LogP contribution in [0.2, 0.25) is 0 Å². The van der Waals surface area contributed by atoms with Crippen molar-refractivity contribution in [2.75, 3.05) is 0 Å². The first-order valence-corrected chi connectivity index (χ1v) is 6.10. The predicted molar refractivity (Wildman–Crippen MR) is 70.3 cm³/mol. The van der Waals surface area contributed by atoms with E-state index in [0.29, 0.717) is 0 Å². The molecule has 1 unspecified atom stereocenters. The van der Waals surface area contributed by atoms with E-state index in [-0.39, 0.29) is 11.5 Å². The minimum Gasteiger partial charge on any atom is -0.389 e. The van der Waals surface area contributed by atoms with E-state index in [2.05, 4.69) is 45.6 Å². The summed E-state index contributed by atoms with van der Waals surface area (Å²) in [6, 6.07) is 0. The second kappa shape index (κ2) is 5.49. The Morgan fingerprint density at radius 3 is 2.81 bits per heavy atom. The Balaban J connectivity index is 2.82. The fraction of sp³-hybridized carbons (Fsp3) is 0.600. The first-order valence-electron chi connectivity index (χ1n) is 6.10. The van der Waals surface area contributed by atoms with Crippen molar-refractivity contribution < 1.29 is 5.11 Å². The highest BCUT2D eigenvalue weighted by molar-refractivity contribution is 5.12. The fourth-order valence-electron chi connectivity index (χ4n) is 2.03. The van der Waals surface area contributed by atoms with E-state index in [0.717, 1.165) is 31.3 Å². The second-order valence-corrected chi connectivity index (χ2v) is 5.56. The third-order valence-electron chi connectivity index (χ3n) is 3.16. The van der Waals surface area contributed by atoms with Crippen molar-refractivity contribution in [2.24, 2.45) is 5.41 Å². The highest BCUT2D eigenvalue weighted by Gasteiger charge is 2.20. The van der Waals surface area contributed by atoms with Gasteiger partial charge in [-0.3, -0.25) is 0 Å². The molecular formula is C15H24O. The van der Waals surface area contributed by atoms with Crippen LogP contribution in [-0.2, 0) is 0 Å². The zero-order valence-corrected chi connectivity index (χ0v) is 10.8. The Morgan fingerprint density at radius 1 is 1.44 bits per heavy atom. The van der Waals surface area contributed by atoms with Crippen molar-refractivity contribution in [3.05, 3.63) is 36.0 Å². The van der Waals surface area contributed by atoms with Crippen molar-refractivity contribution in [3.8, 4) is 0 Å². The average molecular weight is 220 g/mol. The lowest BCUT2D eigenvalue weighted by Gasteiger charge is -2.24. The van der Waals surface area contributed by atoms with Crippen LogP contribution in [-0.4, -0.2) is 11.2 Å². The van der Waals surface area contributed by atoms with Gasteiger partial charge in [-0.05, 0) is 43.6 Å². The van der Waals surface area contributed by atoms with E-state index < -0.39 is 0 Å². The van der Waals surface area contributed by atoms with Crippen LogP contribution >= 0.6 is 0 Å². The first-order chi connectivity index (χ1) is 7.41. The normalized spacial score (nSPS) is 27.1. The minimum atomic E-state index is -0.369. The molecule has 90 valence electrons. The van der Waals surface area contributed by atoms with E-state index in [4.69, 9.17) is 0 Å². The third kappa shape index (κ3) is 4.36. The van der Waals surface area contributed by atoms with Gasteiger partial charge in [0.05, 0.1) is 6.10 Å². The predicted octanol–water partition coefficient (Wildman–Crippen LogP) is 4.01. The highest BCUT2D eigenvalue weighted by atomic mass is 16.3. The summed E-state index contributed by atoms with van der Waals surface area (Å²) in [5.74, 6) is 0. The molecular weight excluding hydrogens is 196 g/mol. The molecule has 0 radical (unpaired) electrons. The summed E-state index contributed by atoms with van der Waals surface area (Å²) in [7, 11) is 0. The smallest absolute Gasteiger partial charge is 0.0755 e. The largest absolute Gasteiger partial charge is 0.389 e. The molecule has 0 bridgehead atoms. The first kappa shape index (κ1) is 13.2. The Hall–Kier alpha value is -0.820. The summed E-state index contributed by atoms with van der Waals surface area (Å²) in [5.41, 5.74) is 2.41. The zero-order valence-electron chi connectivity index (χ0n) is 10.8. The molecule has 1 nitrogen and oxygen atoms in total. The molecule has 1 aliphatic carbocycles. The van der Waals surface area contributed by atoms with Crippen molar-refractivity contribution in [1.29, 1.82) is 0 Å². The zero-order chi connectivity index (χ0) is 12.2. The van der Waals surface area contributed by atoms with Gasteiger partial charge in [-0.2, -0.15) is 0 Å². The maximum absolute atomic E-state index is 10.0. The Morgan fingerprint density at radius 2 is 2.12 bits per heavy atom. The van der Waals surface area contributed by atoms with E-state index in [9.17, 15) is 5.11 Å². The molecule has 16 heavy (non-hydrogen) atoms. The number of allylic oxidation sites excluding steroid dienone is 4. The molecule has 1 atom stereocenters. The molecule has 1 N–H and O–H groups in total. The van der Waals surface area contributed by atoms with E-state index in [1.54, 1.807) is 0 Å². The lowest BCUT2D eigenvalue weighted by molar-refractivity contribution is 0.160. The van der Waals surface area contributed by atoms with E-state index in [1.807, 2.05) is 0 Å². The fourth-order valence-corrected chi connectivity index (χ4v) is 2.03. The lowest BCUT2D eigenvalue weighted by Crippen LogP contribution is -2.20. The van der Waals surface area contributed by atoms with Gasteiger partial charge in [-0.15, -0.1) is 0 Å². The van der Waals surface area contributed by atoms with Crippen LogP contribution < -0.4 is 0 Å². The third-order valence-corrected chi connectivity index (χ3v) is 3.16. The Labute approximate surface area is 99.6 Å². The van der Waals surface area contributed by atoms with Crippen LogP contribution in [0.3, 0.4) is 0 Å². The second-order valence-electron chi connectivity index (χ2n) is 5.56. The van der Waals surface area contributed by atoms with Crippen molar-refractivity contribution in [2.45, 2.75) is 52.6 Å². The molecule has 0 amide bonds. The SMILES string of the molecule is C=C1CCC=C(C)CC=CC(C)(C)CC1O. The summed E-state index contributed by atoms with van der Waals surface area (Å²) < 4.78 is 0. The van der Waals surface area contributed by atoms with Gasteiger partial charge >= 0.3 is 0 Å². The molecule has 0 aromatic carbocycles. The van der Waals surface area contributed by atoms with Crippen LogP contribution in [0.4, 0.5) is 0 Å². The molecule has 1 heteroatoms. The van der Waals surface area contributed by atoms with Crippen LogP contribution in [0.5, 0.6) is 0 Å². The van der Waals surface area contributed by atoms with E-state index >= 15 is 0 Å². The van der Waals surface area contributed by atoms with Crippen molar-refractivity contribution in [3.63, 3.8) is 0 Å². The Kier molecular flexibility index (Phi) is 4.55. The van der Waals surface area contributed by atoms with E-state index in [1.165, 1.54) is 5.57 Å². The molecule has 0 aliphatic heterocycles. The summed E-state index contributed by atoms with van der Waals surface area (Å²) in [4.78, 5) is 0. The maximum Gasteiger partial charge on any atom is 0.0755 e. The molecule has 0 aromatic rings. The van der Waals surface area contributed by atoms with Gasteiger partial charge in [-0.1, -0.05) is 44.2 Å². The van der Waals surface area contributed by atoms with Crippen LogP contribution in [0.25, 0.3) is 0 Å². The topological polar surface area (TPSA) is 20.2 Å². The summed E-state index contributed by atoms with van der Waals surface area (Å²) in [6.07, 6.45) is 9.99. The van der Waals surface area contributed by atoms with Crippen LogP contribution in [0, 0.1) is 5.41 Å². The minimum absolute atomic E-state index is 0.0486. The summed E-state index contributed by atoms with van der Waals surface area (Å²) in [6.45, 7) is 10.5. The number of hydrogen-bond acceptors (Lipinski definition) is 1.